The topological polar surface area (TPSA) is 72.0 Å². The lowest BCUT2D eigenvalue weighted by Gasteiger charge is -2.06. The molecule has 5 heteroatoms. The maximum atomic E-state index is 11.6. The number of hydrogen-bond donors (Lipinski definition) is 1. The molecule has 0 fully saturated rings. The molecule has 0 aliphatic rings. The van der Waals surface area contributed by atoms with Crippen molar-refractivity contribution in [3.63, 3.8) is 0 Å². The minimum atomic E-state index is -0.483. The van der Waals surface area contributed by atoms with Crippen LogP contribution in [0.4, 0.5) is 0 Å². The first-order valence-electron chi connectivity index (χ1n) is 4.94. The van der Waals surface area contributed by atoms with Gasteiger partial charge in [-0.05, 0) is 6.07 Å². The predicted molar refractivity (Wildman–Crippen MR) is 61.6 cm³/mol. The fourth-order valence-electron chi connectivity index (χ4n) is 1.54. The first-order valence-corrected chi connectivity index (χ1v) is 4.94. The van der Waals surface area contributed by atoms with E-state index in [1.807, 2.05) is 0 Å². The van der Waals surface area contributed by atoms with E-state index >= 15 is 0 Å². The molecule has 0 saturated carbocycles. The second-order valence-electron chi connectivity index (χ2n) is 3.33. The minimum Gasteiger partial charge on any atom is -0.465 e. The largest absolute Gasteiger partial charge is 0.465 e. The number of H-pyrrole nitrogens is 1. The zero-order valence-electron chi connectivity index (χ0n) is 9.14. The van der Waals surface area contributed by atoms with Crippen LogP contribution >= 0.6 is 0 Å². The van der Waals surface area contributed by atoms with Crippen LogP contribution < -0.4 is 5.56 Å². The number of methoxy groups -OCH3 is 1. The summed E-state index contributed by atoms with van der Waals surface area (Å²) in [6.07, 6.45) is 2.72. The number of ether oxygens (including phenoxy) is 1. The van der Waals surface area contributed by atoms with E-state index in [-0.39, 0.29) is 5.56 Å². The van der Waals surface area contributed by atoms with Gasteiger partial charge in [0.15, 0.2) is 0 Å². The Kier molecular flexibility index (Phi) is 3.00. The van der Waals surface area contributed by atoms with Crippen LogP contribution in [-0.4, -0.2) is 23.0 Å². The van der Waals surface area contributed by atoms with E-state index in [2.05, 4.69) is 14.7 Å². The molecule has 0 saturated heterocycles. The Balaban J connectivity index is 2.64. The first-order chi connectivity index (χ1) is 8.24. The number of carbonyl (C=O) groups is 1. The molecule has 0 aliphatic heterocycles. The number of nitrogens with one attached hydrogen (secondary N) is 1. The van der Waals surface area contributed by atoms with Crippen LogP contribution in [0.3, 0.4) is 0 Å². The van der Waals surface area contributed by atoms with Gasteiger partial charge in [-0.2, -0.15) is 0 Å². The highest BCUT2D eigenvalue weighted by atomic mass is 16.5. The molecule has 1 aromatic carbocycles. The Hall–Kier alpha value is -2.43. The van der Waals surface area contributed by atoms with E-state index in [9.17, 15) is 9.59 Å². The van der Waals surface area contributed by atoms with Crippen LogP contribution in [-0.2, 0) is 4.74 Å². The summed E-state index contributed by atoms with van der Waals surface area (Å²) in [5.74, 6) is -0.483. The van der Waals surface area contributed by atoms with Crippen LogP contribution in [0, 0.1) is 0 Å². The summed E-state index contributed by atoms with van der Waals surface area (Å²) in [7, 11) is 1.30. The molecule has 0 unspecified atom stereocenters. The average molecular weight is 230 g/mol. The summed E-state index contributed by atoms with van der Waals surface area (Å²) in [5, 5.41) is 0. The summed E-state index contributed by atoms with van der Waals surface area (Å²) in [6, 6.07) is 6.74. The first kappa shape index (κ1) is 11.1. The van der Waals surface area contributed by atoms with Crippen molar-refractivity contribution in [2.75, 3.05) is 7.11 Å². The number of benzene rings is 1. The number of hydrogen-bond acceptors (Lipinski definition) is 4. The Bertz CT molecular complexity index is 604. The van der Waals surface area contributed by atoms with Gasteiger partial charge in [0.25, 0.3) is 5.56 Å². The van der Waals surface area contributed by atoms with Crippen LogP contribution in [0.5, 0.6) is 0 Å². The van der Waals surface area contributed by atoms with E-state index in [1.54, 1.807) is 24.3 Å². The zero-order chi connectivity index (χ0) is 12.3. The molecule has 17 heavy (non-hydrogen) atoms. The van der Waals surface area contributed by atoms with Gasteiger partial charge in [0, 0.05) is 11.8 Å². The smallest absolute Gasteiger partial charge is 0.338 e. The molecule has 2 rings (SSSR count). The molecule has 0 radical (unpaired) electrons. The third-order valence-electron chi connectivity index (χ3n) is 2.34. The quantitative estimate of drug-likeness (QED) is 0.787. The van der Waals surface area contributed by atoms with Crippen molar-refractivity contribution in [1.29, 1.82) is 0 Å². The van der Waals surface area contributed by atoms with Gasteiger partial charge in [-0.1, -0.05) is 18.2 Å². The molecule has 2 aromatic rings. The molecule has 1 heterocycles. The summed E-state index contributed by atoms with van der Waals surface area (Å²) in [6.45, 7) is 0. The SMILES string of the molecule is COC(=O)c1ccccc1-c1cnc[nH]c1=O. The predicted octanol–water partition coefficient (Wildman–Crippen LogP) is 1.22. The molecule has 86 valence electrons. The molecule has 1 aromatic heterocycles. The van der Waals surface area contributed by atoms with Crippen molar-refractivity contribution in [2.24, 2.45) is 0 Å². The third kappa shape index (κ3) is 2.08. The van der Waals surface area contributed by atoms with Gasteiger partial charge in [-0.3, -0.25) is 4.79 Å². The van der Waals surface area contributed by atoms with E-state index < -0.39 is 5.97 Å². The number of rotatable bonds is 2. The second kappa shape index (κ2) is 4.61. The zero-order valence-corrected chi connectivity index (χ0v) is 9.14. The number of carbonyl (C=O) groups excluding carboxylic acids is 1. The van der Waals surface area contributed by atoms with E-state index in [0.29, 0.717) is 16.7 Å². The fraction of sp³-hybridized carbons (Fsp3) is 0.0833. The number of nitrogens with zero attached hydrogens (tertiary/aromatic N) is 1. The van der Waals surface area contributed by atoms with Crippen molar-refractivity contribution in [2.45, 2.75) is 0 Å². The lowest BCUT2D eigenvalue weighted by atomic mass is 10.0. The Labute approximate surface area is 97.1 Å². The summed E-state index contributed by atoms with van der Waals surface area (Å²) in [4.78, 5) is 29.5. The van der Waals surface area contributed by atoms with Crippen LogP contribution in [0.1, 0.15) is 10.4 Å². The van der Waals surface area contributed by atoms with Gasteiger partial charge in [-0.15, -0.1) is 0 Å². The molecule has 0 spiro atoms. The van der Waals surface area contributed by atoms with Gasteiger partial charge < -0.3 is 9.72 Å². The van der Waals surface area contributed by atoms with Crippen LogP contribution in [0.15, 0.2) is 41.6 Å². The average Bonchev–Trinajstić information content (AvgIpc) is 2.38. The van der Waals surface area contributed by atoms with Crippen molar-refractivity contribution < 1.29 is 9.53 Å². The van der Waals surface area contributed by atoms with E-state index in [1.165, 1.54) is 19.6 Å². The highest BCUT2D eigenvalue weighted by molar-refractivity contribution is 5.96. The van der Waals surface area contributed by atoms with Crippen molar-refractivity contribution in [3.8, 4) is 11.1 Å². The van der Waals surface area contributed by atoms with Crippen molar-refractivity contribution in [1.82, 2.24) is 9.97 Å². The maximum absolute atomic E-state index is 11.6. The number of esters is 1. The van der Waals surface area contributed by atoms with Gasteiger partial charge in [-0.25, -0.2) is 9.78 Å². The minimum absolute atomic E-state index is 0.295. The molecule has 0 bridgehead atoms. The van der Waals surface area contributed by atoms with Crippen LogP contribution in [0.25, 0.3) is 11.1 Å². The van der Waals surface area contributed by atoms with Crippen molar-refractivity contribution in [3.05, 3.63) is 52.7 Å². The van der Waals surface area contributed by atoms with Gasteiger partial charge in [0.05, 0.1) is 24.6 Å². The second-order valence-corrected chi connectivity index (χ2v) is 3.33. The normalized spacial score (nSPS) is 9.94. The molecule has 1 N–H and O–H groups in total. The van der Waals surface area contributed by atoms with Gasteiger partial charge >= 0.3 is 5.97 Å². The summed E-state index contributed by atoms with van der Waals surface area (Å²) >= 11 is 0. The molecule has 0 atom stereocenters. The molecular formula is C12H10N2O3. The van der Waals surface area contributed by atoms with Gasteiger partial charge in [0.1, 0.15) is 0 Å². The fourth-order valence-corrected chi connectivity index (χ4v) is 1.54. The Morgan fingerprint density at radius 1 is 1.29 bits per heavy atom. The van der Waals surface area contributed by atoms with E-state index in [4.69, 9.17) is 0 Å². The lowest BCUT2D eigenvalue weighted by Crippen LogP contribution is -2.11. The number of aromatic amines is 1. The Morgan fingerprint density at radius 3 is 2.76 bits per heavy atom. The monoisotopic (exact) mass is 230 g/mol. The van der Waals surface area contributed by atoms with Crippen LogP contribution in [0.2, 0.25) is 0 Å². The summed E-state index contributed by atoms with van der Waals surface area (Å²) < 4.78 is 4.67. The van der Waals surface area contributed by atoms with Crippen molar-refractivity contribution >= 4 is 5.97 Å². The third-order valence-corrected chi connectivity index (χ3v) is 2.34. The van der Waals surface area contributed by atoms with Gasteiger partial charge in [0.2, 0.25) is 0 Å². The molecule has 5 nitrogen and oxygen atoms in total. The number of aromatic nitrogens is 2. The standard InChI is InChI=1S/C12H10N2O3/c1-17-12(16)9-5-3-2-4-8(9)10-6-13-7-14-11(10)15/h2-7H,1H3,(H,13,14,15). The maximum Gasteiger partial charge on any atom is 0.338 e. The molecule has 0 amide bonds. The highest BCUT2D eigenvalue weighted by Crippen LogP contribution is 2.20. The molecular weight excluding hydrogens is 220 g/mol. The summed E-state index contributed by atoms with van der Waals surface area (Å²) in [5.41, 5.74) is 0.895. The highest BCUT2D eigenvalue weighted by Gasteiger charge is 2.14. The van der Waals surface area contributed by atoms with E-state index in [0.717, 1.165) is 0 Å². The Morgan fingerprint density at radius 2 is 2.06 bits per heavy atom. The lowest BCUT2D eigenvalue weighted by molar-refractivity contribution is 0.0601. The molecule has 0 aliphatic carbocycles.